The van der Waals surface area contributed by atoms with Gasteiger partial charge in [-0.3, -0.25) is 24.7 Å². The second kappa shape index (κ2) is 7.64. The number of benzene rings is 2. The molecule has 1 N–H and O–H groups in total. The number of anilines is 2. The lowest BCUT2D eigenvalue weighted by Crippen LogP contribution is -2.35. The van der Waals surface area contributed by atoms with Gasteiger partial charge in [-0.2, -0.15) is 0 Å². The molecule has 0 radical (unpaired) electrons. The van der Waals surface area contributed by atoms with Crippen molar-refractivity contribution in [3.8, 4) is 0 Å². The first-order valence-electron chi connectivity index (χ1n) is 9.69. The van der Waals surface area contributed by atoms with Gasteiger partial charge in [-0.25, -0.2) is 0 Å². The van der Waals surface area contributed by atoms with Gasteiger partial charge in [-0.05, 0) is 43.2 Å². The van der Waals surface area contributed by atoms with E-state index >= 15 is 0 Å². The van der Waals surface area contributed by atoms with Crippen molar-refractivity contribution in [2.24, 2.45) is 0 Å². The smallest absolute Gasteiger partial charge is 0.294 e. The lowest BCUT2D eigenvalue weighted by Gasteiger charge is -2.20. The maximum absolute atomic E-state index is 13.2. The zero-order valence-electron chi connectivity index (χ0n) is 17.0. The molecule has 8 heteroatoms. The summed E-state index contributed by atoms with van der Waals surface area (Å²) in [5.41, 5.74) is 1.23. The van der Waals surface area contributed by atoms with Gasteiger partial charge in [0.1, 0.15) is 5.69 Å². The summed E-state index contributed by atoms with van der Waals surface area (Å²) in [5.74, 6) is -0.646. The van der Waals surface area contributed by atoms with E-state index < -0.39 is 16.2 Å². The molecule has 156 valence electrons. The van der Waals surface area contributed by atoms with Gasteiger partial charge in [0.2, 0.25) is 5.91 Å². The molecule has 4 rings (SSSR count). The van der Waals surface area contributed by atoms with Crippen molar-refractivity contribution >= 4 is 28.9 Å². The fourth-order valence-electron chi connectivity index (χ4n) is 3.74. The van der Waals surface area contributed by atoms with Gasteiger partial charge in [-0.1, -0.05) is 30.3 Å². The van der Waals surface area contributed by atoms with Crippen molar-refractivity contribution in [3.63, 3.8) is 0 Å². The number of fused-ring (bicyclic) bond motifs is 1. The summed E-state index contributed by atoms with van der Waals surface area (Å²) < 4.78 is 0. The minimum atomic E-state index is -0.893. The molecule has 2 aromatic carbocycles. The number of amides is 2. The summed E-state index contributed by atoms with van der Waals surface area (Å²) in [6.07, 6.45) is 2.94. The number of aromatic nitrogens is 1. The number of nitrogens with one attached hydrogen (secondary N) is 1. The first-order valence-corrected chi connectivity index (χ1v) is 9.69. The van der Waals surface area contributed by atoms with E-state index in [0.717, 1.165) is 5.56 Å². The van der Waals surface area contributed by atoms with Gasteiger partial charge in [0.15, 0.2) is 0 Å². The van der Waals surface area contributed by atoms with Crippen LogP contribution in [0.5, 0.6) is 0 Å². The number of carbonyl (C=O) groups is 2. The van der Waals surface area contributed by atoms with E-state index in [0.29, 0.717) is 23.4 Å². The second-order valence-electron chi connectivity index (χ2n) is 7.84. The van der Waals surface area contributed by atoms with E-state index in [2.05, 4.69) is 10.3 Å². The van der Waals surface area contributed by atoms with Crippen molar-refractivity contribution in [2.75, 3.05) is 10.2 Å². The Bertz CT molecular complexity index is 1180. The molecule has 0 bridgehead atoms. The topological polar surface area (TPSA) is 105 Å². The van der Waals surface area contributed by atoms with Crippen molar-refractivity contribution in [1.82, 2.24) is 4.98 Å². The van der Waals surface area contributed by atoms with Gasteiger partial charge in [-0.15, -0.1) is 0 Å². The van der Waals surface area contributed by atoms with Gasteiger partial charge >= 0.3 is 0 Å². The molecule has 2 amide bonds. The Morgan fingerprint density at radius 3 is 2.45 bits per heavy atom. The van der Waals surface area contributed by atoms with E-state index in [9.17, 15) is 19.7 Å². The molecule has 3 aromatic rings. The number of carbonyl (C=O) groups excluding carboxylic acids is 2. The molecule has 0 aliphatic carbocycles. The number of nitro benzene ring substituents is 1. The summed E-state index contributed by atoms with van der Waals surface area (Å²) in [4.78, 5) is 42.4. The van der Waals surface area contributed by atoms with Crippen molar-refractivity contribution < 1.29 is 14.5 Å². The summed E-state index contributed by atoms with van der Waals surface area (Å²) in [7, 11) is 0. The van der Waals surface area contributed by atoms with Crippen LogP contribution in [0.3, 0.4) is 0 Å². The molecule has 2 heterocycles. The highest BCUT2D eigenvalue weighted by molar-refractivity contribution is 6.10. The predicted molar refractivity (Wildman–Crippen MR) is 116 cm³/mol. The number of nitrogens with zero attached hydrogens (tertiary/aromatic N) is 3. The molecule has 0 unspecified atom stereocenters. The van der Waals surface area contributed by atoms with E-state index in [1.54, 1.807) is 18.7 Å². The zero-order chi connectivity index (χ0) is 22.2. The Morgan fingerprint density at radius 2 is 1.81 bits per heavy atom. The van der Waals surface area contributed by atoms with Gasteiger partial charge in [0, 0.05) is 24.0 Å². The lowest BCUT2D eigenvalue weighted by atomic mass is 9.85. The molecular formula is C23H20N4O4. The fraction of sp³-hybridized carbons (Fsp3) is 0.174. The minimum Gasteiger partial charge on any atom is -0.316 e. The zero-order valence-corrected chi connectivity index (χ0v) is 17.0. The molecule has 0 fully saturated rings. The van der Waals surface area contributed by atoms with Crippen LogP contribution in [0.15, 0.2) is 67.0 Å². The third-order valence-electron chi connectivity index (χ3n) is 5.43. The monoisotopic (exact) mass is 416 g/mol. The summed E-state index contributed by atoms with van der Waals surface area (Å²) in [5, 5.41) is 14.4. The Morgan fingerprint density at radius 1 is 1.13 bits per heavy atom. The average Bonchev–Trinajstić information content (AvgIpc) is 2.95. The molecule has 0 atom stereocenters. The molecular weight excluding hydrogens is 396 g/mol. The van der Waals surface area contributed by atoms with Crippen LogP contribution >= 0.6 is 0 Å². The van der Waals surface area contributed by atoms with Gasteiger partial charge in [0.05, 0.1) is 22.6 Å². The second-order valence-corrected chi connectivity index (χ2v) is 7.84. The standard InChI is InChI=1S/C23H20N4O4/c1-23(2)17-12-18(25-21(28)16-8-10-24-11-9-16)20(27(30)31)13-19(17)26(22(23)29)14-15-6-4-3-5-7-15/h3-13H,14H2,1-2H3,(H,25,28). The van der Waals surface area contributed by atoms with E-state index in [4.69, 9.17) is 0 Å². The fourth-order valence-corrected chi connectivity index (χ4v) is 3.74. The van der Waals surface area contributed by atoms with Crippen molar-refractivity contribution in [3.05, 3.63) is 93.8 Å². The lowest BCUT2D eigenvalue weighted by molar-refractivity contribution is -0.383. The average molecular weight is 416 g/mol. The molecule has 1 aliphatic rings. The van der Waals surface area contributed by atoms with Crippen LogP contribution in [0.2, 0.25) is 0 Å². The number of hydrogen-bond donors (Lipinski definition) is 1. The maximum atomic E-state index is 13.2. The van der Waals surface area contributed by atoms with E-state index in [1.165, 1.54) is 36.7 Å². The van der Waals surface area contributed by atoms with Crippen molar-refractivity contribution in [2.45, 2.75) is 25.8 Å². The SMILES string of the molecule is CC1(C)C(=O)N(Cc2ccccc2)c2cc([N+](=O)[O-])c(NC(=O)c3ccncc3)cc21. The summed E-state index contributed by atoms with van der Waals surface area (Å²) in [6, 6.07) is 15.4. The minimum absolute atomic E-state index is 0.0491. The first kappa shape index (κ1) is 20.2. The normalized spacial score (nSPS) is 14.3. The van der Waals surface area contributed by atoms with Gasteiger partial charge in [0.25, 0.3) is 11.6 Å². The third kappa shape index (κ3) is 3.63. The number of nitro groups is 1. The highest BCUT2D eigenvalue weighted by atomic mass is 16.6. The van der Waals surface area contributed by atoms with Gasteiger partial charge < -0.3 is 10.2 Å². The number of rotatable bonds is 5. The number of pyridine rings is 1. The molecule has 31 heavy (non-hydrogen) atoms. The Labute approximate surface area is 178 Å². The third-order valence-corrected chi connectivity index (χ3v) is 5.43. The quantitative estimate of drug-likeness (QED) is 0.499. The van der Waals surface area contributed by atoms with Crippen LogP contribution in [0.4, 0.5) is 17.1 Å². The van der Waals surface area contributed by atoms with Crippen LogP contribution in [0.25, 0.3) is 0 Å². The van der Waals surface area contributed by atoms with Crippen molar-refractivity contribution in [1.29, 1.82) is 0 Å². The Hall–Kier alpha value is -4.07. The Kier molecular flexibility index (Phi) is 4.98. The summed E-state index contributed by atoms with van der Waals surface area (Å²) >= 11 is 0. The molecule has 0 spiro atoms. The molecule has 1 aromatic heterocycles. The molecule has 8 nitrogen and oxygen atoms in total. The van der Waals surface area contributed by atoms with Crippen LogP contribution in [0, 0.1) is 10.1 Å². The van der Waals surface area contributed by atoms with Crippen LogP contribution in [-0.2, 0) is 16.8 Å². The predicted octanol–water partition coefficient (Wildman–Crippen LogP) is 4.07. The van der Waals surface area contributed by atoms with Crippen LogP contribution in [0.1, 0.15) is 35.3 Å². The molecule has 1 aliphatic heterocycles. The Balaban J connectivity index is 1.77. The summed E-state index contributed by atoms with van der Waals surface area (Å²) in [6.45, 7) is 3.86. The van der Waals surface area contributed by atoms with E-state index in [-0.39, 0.29) is 17.3 Å². The van der Waals surface area contributed by atoms with Crippen LogP contribution in [-0.4, -0.2) is 21.7 Å². The highest BCUT2D eigenvalue weighted by Gasteiger charge is 2.45. The number of hydrogen-bond acceptors (Lipinski definition) is 5. The highest BCUT2D eigenvalue weighted by Crippen LogP contribution is 2.46. The van der Waals surface area contributed by atoms with Crippen LogP contribution < -0.4 is 10.2 Å². The maximum Gasteiger partial charge on any atom is 0.294 e. The molecule has 0 saturated heterocycles. The van der Waals surface area contributed by atoms with E-state index in [1.807, 2.05) is 30.3 Å². The first-order chi connectivity index (χ1) is 14.8. The largest absolute Gasteiger partial charge is 0.316 e. The molecule has 0 saturated carbocycles.